The lowest BCUT2D eigenvalue weighted by atomic mass is 9.62. The second-order valence-electron chi connectivity index (χ2n) is 10.1. The summed E-state index contributed by atoms with van der Waals surface area (Å²) in [5, 5.41) is 12.5. The number of halogens is 1. The third-order valence-corrected chi connectivity index (χ3v) is 8.02. The lowest BCUT2D eigenvalue weighted by Crippen LogP contribution is -2.51. The van der Waals surface area contributed by atoms with E-state index in [0.717, 1.165) is 5.69 Å². The summed E-state index contributed by atoms with van der Waals surface area (Å²) in [6.45, 7) is 5.84. The molecule has 0 aliphatic heterocycles. The van der Waals surface area contributed by atoms with E-state index >= 15 is 4.39 Å². The number of fused-ring (bicyclic) bond motifs is 2. The van der Waals surface area contributed by atoms with Crippen molar-refractivity contribution in [1.29, 1.82) is 5.26 Å². The first-order valence-electron chi connectivity index (χ1n) is 13.1. The zero-order valence-electron chi connectivity index (χ0n) is 22.1. The number of methoxy groups -OCH3 is 1. The van der Waals surface area contributed by atoms with Crippen LogP contribution in [0.4, 0.5) is 10.1 Å². The monoisotopic (exact) mass is 519 g/mol. The number of rotatable bonds is 12. The fourth-order valence-electron chi connectivity index (χ4n) is 6.12. The standard InChI is InChI=1S/C30H34FN3O4/c1-5-20(18(16-32)17-37-4)26(35)12-10-22-21-8-7-9-23(31)28(21)30(29(22)36)14-19(15-30)38-27-13-11-25(33-3)24(6-2)34-27/h6-9,11,13,18-20,22,33H,2,5,10,12,14-15,17H2,1,3-4H3. The number of ether oxygens (including phenoxy) is 2. The Morgan fingerprint density at radius 2 is 2.13 bits per heavy atom. The Morgan fingerprint density at radius 3 is 2.76 bits per heavy atom. The van der Waals surface area contributed by atoms with E-state index in [2.05, 4.69) is 22.9 Å². The topological polar surface area (TPSA) is 101 Å². The summed E-state index contributed by atoms with van der Waals surface area (Å²) in [6, 6.07) is 10.6. The first-order chi connectivity index (χ1) is 18.3. The number of pyridine rings is 1. The van der Waals surface area contributed by atoms with E-state index in [9.17, 15) is 14.9 Å². The van der Waals surface area contributed by atoms with Gasteiger partial charge in [-0.2, -0.15) is 5.26 Å². The zero-order valence-corrected chi connectivity index (χ0v) is 22.1. The van der Waals surface area contributed by atoms with Gasteiger partial charge in [0.1, 0.15) is 17.7 Å². The van der Waals surface area contributed by atoms with E-state index in [1.807, 2.05) is 13.0 Å². The lowest BCUT2D eigenvalue weighted by Gasteiger charge is -2.44. The molecule has 8 heteroatoms. The van der Waals surface area contributed by atoms with Crippen LogP contribution in [0.15, 0.2) is 36.9 Å². The predicted molar refractivity (Wildman–Crippen MR) is 142 cm³/mol. The fourth-order valence-corrected chi connectivity index (χ4v) is 6.12. The Morgan fingerprint density at radius 1 is 1.37 bits per heavy atom. The van der Waals surface area contributed by atoms with Gasteiger partial charge < -0.3 is 14.8 Å². The molecule has 200 valence electrons. The number of anilines is 1. The molecule has 0 saturated heterocycles. The van der Waals surface area contributed by atoms with Crippen LogP contribution in [0.3, 0.4) is 0 Å². The van der Waals surface area contributed by atoms with Crippen LogP contribution in [0.2, 0.25) is 0 Å². The van der Waals surface area contributed by atoms with Crippen LogP contribution < -0.4 is 10.1 Å². The van der Waals surface area contributed by atoms with Crippen molar-refractivity contribution in [2.24, 2.45) is 11.8 Å². The van der Waals surface area contributed by atoms with Gasteiger partial charge >= 0.3 is 0 Å². The predicted octanol–water partition coefficient (Wildman–Crippen LogP) is 5.21. The average Bonchev–Trinajstić information content (AvgIpc) is 3.15. The average molecular weight is 520 g/mol. The molecule has 2 aromatic rings. The van der Waals surface area contributed by atoms with Gasteiger partial charge in [-0.25, -0.2) is 9.37 Å². The minimum absolute atomic E-state index is 0.0581. The molecule has 1 fully saturated rings. The quantitative estimate of drug-likeness (QED) is 0.411. The summed E-state index contributed by atoms with van der Waals surface area (Å²) in [6.07, 6.45) is 3.01. The van der Waals surface area contributed by atoms with Crippen LogP contribution in [0.1, 0.15) is 61.8 Å². The van der Waals surface area contributed by atoms with Gasteiger partial charge in [-0.3, -0.25) is 9.59 Å². The maximum absolute atomic E-state index is 15.2. The van der Waals surface area contributed by atoms with Crippen molar-refractivity contribution < 1.29 is 23.5 Å². The Hall–Kier alpha value is -3.57. The van der Waals surface area contributed by atoms with Crippen LogP contribution in [0.25, 0.3) is 6.08 Å². The molecule has 3 unspecified atom stereocenters. The fraction of sp³-hybridized carbons (Fsp3) is 0.467. The molecule has 2 aliphatic carbocycles. The van der Waals surface area contributed by atoms with Crippen LogP contribution in [-0.2, 0) is 19.7 Å². The van der Waals surface area contributed by atoms with E-state index in [0.29, 0.717) is 48.4 Å². The SMILES string of the molecule is C=Cc1nc(OC2CC3(C2)C(=O)C(CCC(=O)C(CC)C(C#N)COC)c2cccc(F)c23)ccc1NC. The number of carbonyl (C=O) groups is 2. The van der Waals surface area contributed by atoms with Crippen LogP contribution >= 0.6 is 0 Å². The van der Waals surface area contributed by atoms with Crippen molar-refractivity contribution in [3.63, 3.8) is 0 Å². The summed E-state index contributed by atoms with van der Waals surface area (Å²) in [4.78, 5) is 31.3. The van der Waals surface area contributed by atoms with Gasteiger partial charge in [0.25, 0.3) is 0 Å². The molecule has 0 radical (unpaired) electrons. The van der Waals surface area contributed by atoms with E-state index in [-0.39, 0.29) is 30.7 Å². The highest BCUT2D eigenvalue weighted by Gasteiger charge is 2.60. The molecule has 1 N–H and O–H groups in total. The maximum atomic E-state index is 15.2. The summed E-state index contributed by atoms with van der Waals surface area (Å²) in [7, 11) is 3.30. The van der Waals surface area contributed by atoms with E-state index in [1.165, 1.54) is 13.2 Å². The van der Waals surface area contributed by atoms with Gasteiger partial charge in [-0.1, -0.05) is 25.6 Å². The largest absolute Gasteiger partial charge is 0.474 e. The molecule has 1 aromatic heterocycles. The summed E-state index contributed by atoms with van der Waals surface area (Å²) in [5.74, 6) is -1.65. The van der Waals surface area contributed by atoms with Gasteiger partial charge in [0.15, 0.2) is 5.78 Å². The van der Waals surface area contributed by atoms with E-state index in [1.54, 1.807) is 31.3 Å². The molecule has 1 spiro atoms. The minimum atomic E-state index is -0.958. The van der Waals surface area contributed by atoms with Gasteiger partial charge in [-0.15, -0.1) is 0 Å². The number of aromatic nitrogens is 1. The summed E-state index contributed by atoms with van der Waals surface area (Å²) >= 11 is 0. The van der Waals surface area contributed by atoms with Gasteiger partial charge in [0, 0.05) is 56.9 Å². The molecule has 4 rings (SSSR count). The Labute approximate surface area is 223 Å². The van der Waals surface area contributed by atoms with E-state index in [4.69, 9.17) is 9.47 Å². The molecule has 3 atom stereocenters. The normalized spacial score (nSPS) is 23.2. The number of Topliss-reactive ketones (excluding diaryl/α,β-unsaturated/α-hetero) is 2. The Kier molecular flexibility index (Phi) is 8.27. The highest BCUT2D eigenvalue weighted by molar-refractivity contribution is 6.02. The number of nitrogens with zero attached hydrogens (tertiary/aromatic N) is 2. The van der Waals surface area contributed by atoms with Crippen molar-refractivity contribution >= 4 is 23.3 Å². The Bertz CT molecular complexity index is 1260. The molecule has 38 heavy (non-hydrogen) atoms. The third-order valence-electron chi connectivity index (χ3n) is 8.02. The highest BCUT2D eigenvalue weighted by Crippen LogP contribution is 2.57. The molecular formula is C30H34FN3O4. The maximum Gasteiger partial charge on any atom is 0.214 e. The number of hydrogen-bond donors (Lipinski definition) is 1. The molecular weight excluding hydrogens is 485 g/mol. The van der Waals surface area contributed by atoms with Crippen molar-refractivity contribution in [3.05, 3.63) is 59.5 Å². The van der Waals surface area contributed by atoms with Crippen molar-refractivity contribution in [2.45, 2.75) is 56.5 Å². The third kappa shape index (κ3) is 4.83. The second-order valence-corrected chi connectivity index (χ2v) is 10.1. The van der Waals surface area contributed by atoms with Crippen LogP contribution in [0.5, 0.6) is 5.88 Å². The molecule has 0 amide bonds. The number of ketones is 2. The van der Waals surface area contributed by atoms with Gasteiger partial charge in [0.2, 0.25) is 5.88 Å². The number of nitrogens with one attached hydrogen (secondary N) is 1. The Balaban J connectivity index is 1.50. The van der Waals surface area contributed by atoms with Crippen molar-refractivity contribution in [3.8, 4) is 11.9 Å². The van der Waals surface area contributed by atoms with Crippen LogP contribution in [-0.4, -0.2) is 43.4 Å². The molecule has 0 bridgehead atoms. The number of benzene rings is 1. The number of hydrogen-bond acceptors (Lipinski definition) is 7. The van der Waals surface area contributed by atoms with E-state index < -0.39 is 29.0 Å². The molecule has 2 aliphatic rings. The summed E-state index contributed by atoms with van der Waals surface area (Å²) < 4.78 is 26.3. The number of carbonyl (C=O) groups excluding carboxylic acids is 2. The zero-order chi connectivity index (χ0) is 27.4. The smallest absolute Gasteiger partial charge is 0.214 e. The lowest BCUT2D eigenvalue weighted by molar-refractivity contribution is -0.132. The minimum Gasteiger partial charge on any atom is -0.474 e. The first kappa shape index (κ1) is 27.5. The highest BCUT2D eigenvalue weighted by atomic mass is 19.1. The summed E-state index contributed by atoms with van der Waals surface area (Å²) in [5.41, 5.74) is 1.63. The second kappa shape index (κ2) is 11.4. The van der Waals surface area contributed by atoms with Gasteiger partial charge in [-0.05, 0) is 36.6 Å². The first-order valence-corrected chi connectivity index (χ1v) is 13.1. The molecule has 1 heterocycles. The van der Waals surface area contributed by atoms with Gasteiger partial charge in [0.05, 0.1) is 35.4 Å². The van der Waals surface area contributed by atoms with Crippen molar-refractivity contribution in [2.75, 3.05) is 26.1 Å². The molecule has 1 aromatic carbocycles. The van der Waals surface area contributed by atoms with Crippen LogP contribution in [0, 0.1) is 29.0 Å². The number of nitriles is 1. The molecule has 7 nitrogen and oxygen atoms in total. The molecule has 1 saturated carbocycles. The van der Waals surface area contributed by atoms with Crippen molar-refractivity contribution in [1.82, 2.24) is 4.98 Å².